The van der Waals surface area contributed by atoms with Crippen LogP contribution in [-0.2, 0) is 0 Å². The lowest BCUT2D eigenvalue weighted by atomic mass is 10.2. The summed E-state index contributed by atoms with van der Waals surface area (Å²) in [5.74, 6) is 1.11. The Kier molecular flexibility index (Phi) is 5.16. The Morgan fingerprint density at radius 2 is 2.20 bits per heavy atom. The molecule has 1 aromatic heterocycles. The Hall–Kier alpha value is 0.490. The highest BCUT2D eigenvalue weighted by Gasteiger charge is 2.18. The molecule has 0 saturated carbocycles. The summed E-state index contributed by atoms with van der Waals surface area (Å²) in [5.41, 5.74) is 0. The van der Waals surface area contributed by atoms with E-state index in [0.29, 0.717) is 10.8 Å². The van der Waals surface area contributed by atoms with Crippen molar-refractivity contribution in [2.24, 2.45) is 0 Å². The van der Waals surface area contributed by atoms with Crippen LogP contribution in [0.3, 0.4) is 0 Å². The van der Waals surface area contributed by atoms with Gasteiger partial charge in [0.05, 0.1) is 6.04 Å². The molecule has 1 N–H and O–H groups in total. The quantitative estimate of drug-likeness (QED) is 0.890. The average Bonchev–Trinajstić information content (AvgIpc) is 2.52. The Bertz CT molecular complexity index is 304. The van der Waals surface area contributed by atoms with Crippen LogP contribution in [0.25, 0.3) is 0 Å². The summed E-state index contributed by atoms with van der Waals surface area (Å²) in [6.07, 6.45) is 0. The van der Waals surface area contributed by atoms with E-state index < -0.39 is 0 Å². The van der Waals surface area contributed by atoms with Crippen LogP contribution in [0.1, 0.15) is 31.7 Å². The van der Waals surface area contributed by atoms with Crippen LogP contribution >= 0.6 is 39.0 Å². The molecule has 1 heterocycles. The van der Waals surface area contributed by atoms with E-state index in [2.05, 4.69) is 53.5 Å². The van der Waals surface area contributed by atoms with Gasteiger partial charge in [-0.3, -0.25) is 0 Å². The minimum atomic E-state index is 0.332. The van der Waals surface area contributed by atoms with Gasteiger partial charge >= 0.3 is 0 Å². The van der Waals surface area contributed by atoms with Crippen molar-refractivity contribution < 1.29 is 0 Å². The summed E-state index contributed by atoms with van der Waals surface area (Å²) in [4.78, 5) is 1.40. The third-order valence-corrected chi connectivity index (χ3v) is 5.34. The van der Waals surface area contributed by atoms with Gasteiger partial charge in [-0.2, -0.15) is 11.8 Å². The Morgan fingerprint density at radius 1 is 1.53 bits per heavy atom. The molecule has 4 heteroatoms. The molecule has 0 amide bonds. The zero-order chi connectivity index (χ0) is 11.5. The number of thioether (sulfide) groups is 1. The molecule has 1 nitrogen and oxygen atoms in total. The highest BCUT2D eigenvalue weighted by molar-refractivity contribution is 9.10. The lowest BCUT2D eigenvalue weighted by Gasteiger charge is -2.22. The number of rotatable bonds is 4. The second kappa shape index (κ2) is 5.71. The molecule has 0 bridgehead atoms. The van der Waals surface area contributed by atoms with E-state index in [9.17, 15) is 0 Å². The van der Waals surface area contributed by atoms with Crippen molar-refractivity contribution in [3.8, 4) is 0 Å². The number of thiophene rings is 1. The van der Waals surface area contributed by atoms with E-state index in [1.54, 1.807) is 0 Å². The molecule has 86 valence electrons. The zero-order valence-corrected chi connectivity index (χ0v) is 12.9. The lowest BCUT2D eigenvalue weighted by Crippen LogP contribution is -2.21. The standard InChI is InChI=1S/C11H18BrNS2/c1-11(2,3)15-7-9(13-4)10-8(12)5-6-14-10/h5-6,9,13H,7H2,1-4H3. The Balaban J connectivity index is 2.61. The van der Waals surface area contributed by atoms with Gasteiger partial charge < -0.3 is 5.32 Å². The fraction of sp³-hybridized carbons (Fsp3) is 0.636. The molecular weight excluding hydrogens is 290 g/mol. The first-order chi connectivity index (χ1) is 6.94. The summed E-state index contributed by atoms with van der Waals surface area (Å²) >= 11 is 7.40. The molecule has 0 radical (unpaired) electrons. The lowest BCUT2D eigenvalue weighted by molar-refractivity contribution is 0.665. The van der Waals surface area contributed by atoms with E-state index in [1.807, 2.05) is 30.1 Å². The van der Waals surface area contributed by atoms with Gasteiger partial charge in [-0.15, -0.1) is 11.3 Å². The van der Waals surface area contributed by atoms with E-state index >= 15 is 0 Å². The topological polar surface area (TPSA) is 12.0 Å². The average molecular weight is 308 g/mol. The third kappa shape index (κ3) is 4.47. The fourth-order valence-electron chi connectivity index (χ4n) is 1.18. The summed E-state index contributed by atoms with van der Waals surface area (Å²) in [5, 5.41) is 5.51. The van der Waals surface area contributed by atoms with Crippen LogP contribution in [0.15, 0.2) is 15.9 Å². The van der Waals surface area contributed by atoms with Gasteiger partial charge in [-0.1, -0.05) is 20.8 Å². The molecule has 1 rings (SSSR count). The van der Waals surface area contributed by atoms with E-state index in [-0.39, 0.29) is 0 Å². The maximum absolute atomic E-state index is 3.59. The van der Waals surface area contributed by atoms with Gasteiger partial charge in [0.2, 0.25) is 0 Å². The van der Waals surface area contributed by atoms with Crippen molar-refractivity contribution in [2.75, 3.05) is 12.8 Å². The maximum Gasteiger partial charge on any atom is 0.0515 e. The second-order valence-corrected chi connectivity index (χ2v) is 8.05. The molecule has 15 heavy (non-hydrogen) atoms. The molecule has 0 fully saturated rings. The number of hydrogen-bond donors (Lipinski definition) is 1. The van der Waals surface area contributed by atoms with Gasteiger partial charge in [-0.05, 0) is 34.4 Å². The molecule has 0 aliphatic rings. The van der Waals surface area contributed by atoms with Crippen LogP contribution in [0, 0.1) is 0 Å². The summed E-state index contributed by atoms with van der Waals surface area (Å²) < 4.78 is 1.56. The fourth-order valence-corrected chi connectivity index (χ4v) is 4.04. The SMILES string of the molecule is CNC(CSC(C)(C)C)c1sccc1Br. The Morgan fingerprint density at radius 3 is 2.60 bits per heavy atom. The molecule has 0 aromatic carbocycles. The van der Waals surface area contributed by atoms with Crippen molar-refractivity contribution in [3.05, 3.63) is 20.8 Å². The second-order valence-electron chi connectivity index (χ2n) is 4.40. The van der Waals surface area contributed by atoms with Crippen molar-refractivity contribution in [2.45, 2.75) is 31.6 Å². The van der Waals surface area contributed by atoms with E-state index in [1.165, 1.54) is 9.35 Å². The first-order valence-electron chi connectivity index (χ1n) is 4.98. The van der Waals surface area contributed by atoms with Gasteiger partial charge in [0.1, 0.15) is 0 Å². The van der Waals surface area contributed by atoms with Crippen molar-refractivity contribution in [3.63, 3.8) is 0 Å². The number of halogens is 1. The Labute approximate surface area is 109 Å². The predicted molar refractivity (Wildman–Crippen MR) is 76.0 cm³/mol. The molecule has 0 aliphatic carbocycles. The van der Waals surface area contributed by atoms with Gasteiger partial charge in [0.25, 0.3) is 0 Å². The normalized spacial score (nSPS) is 14.2. The van der Waals surface area contributed by atoms with Gasteiger partial charge in [-0.25, -0.2) is 0 Å². The minimum absolute atomic E-state index is 0.332. The van der Waals surface area contributed by atoms with Crippen molar-refractivity contribution in [1.29, 1.82) is 0 Å². The van der Waals surface area contributed by atoms with Crippen LogP contribution < -0.4 is 5.32 Å². The maximum atomic E-state index is 3.59. The number of hydrogen-bond acceptors (Lipinski definition) is 3. The summed E-state index contributed by atoms with van der Waals surface area (Å²) in [6.45, 7) is 6.77. The van der Waals surface area contributed by atoms with Gasteiger partial charge in [0.15, 0.2) is 0 Å². The van der Waals surface area contributed by atoms with Crippen LogP contribution in [0.4, 0.5) is 0 Å². The van der Waals surface area contributed by atoms with Crippen molar-refractivity contribution in [1.82, 2.24) is 5.32 Å². The minimum Gasteiger partial charge on any atom is -0.312 e. The van der Waals surface area contributed by atoms with Crippen LogP contribution in [0.5, 0.6) is 0 Å². The van der Waals surface area contributed by atoms with Gasteiger partial charge in [0, 0.05) is 19.8 Å². The first-order valence-corrected chi connectivity index (χ1v) is 7.64. The number of nitrogens with one attached hydrogen (secondary N) is 1. The predicted octanol–water partition coefficient (Wildman–Crippen LogP) is 4.30. The molecule has 1 unspecified atom stereocenters. The highest BCUT2D eigenvalue weighted by atomic mass is 79.9. The van der Waals surface area contributed by atoms with E-state index in [4.69, 9.17) is 0 Å². The third-order valence-electron chi connectivity index (χ3n) is 1.99. The highest BCUT2D eigenvalue weighted by Crippen LogP contribution is 2.34. The van der Waals surface area contributed by atoms with Crippen molar-refractivity contribution >= 4 is 39.0 Å². The molecule has 0 saturated heterocycles. The largest absolute Gasteiger partial charge is 0.312 e. The zero-order valence-electron chi connectivity index (χ0n) is 9.63. The van der Waals surface area contributed by atoms with E-state index in [0.717, 1.165) is 5.75 Å². The molecule has 1 aromatic rings. The smallest absolute Gasteiger partial charge is 0.0515 e. The first kappa shape index (κ1) is 13.6. The van der Waals surface area contributed by atoms with Crippen LogP contribution in [0.2, 0.25) is 0 Å². The molecular formula is C11H18BrNS2. The monoisotopic (exact) mass is 307 g/mol. The molecule has 0 spiro atoms. The molecule has 1 atom stereocenters. The summed E-state index contributed by atoms with van der Waals surface area (Å²) in [7, 11) is 2.03. The summed E-state index contributed by atoms with van der Waals surface area (Å²) in [6, 6.07) is 2.56. The van der Waals surface area contributed by atoms with Crippen LogP contribution in [-0.4, -0.2) is 17.5 Å². The molecule has 0 aliphatic heterocycles.